The zero-order chi connectivity index (χ0) is 26.7. The van der Waals surface area contributed by atoms with E-state index in [9.17, 15) is 22.4 Å². The van der Waals surface area contributed by atoms with Gasteiger partial charge < -0.3 is 9.22 Å². The maximum Gasteiger partial charge on any atom is 0.415 e. The first-order valence-electron chi connectivity index (χ1n) is 12.7. The molecule has 38 heavy (non-hydrogen) atoms. The van der Waals surface area contributed by atoms with E-state index in [0.29, 0.717) is 6.54 Å². The monoisotopic (exact) mass is 545 g/mol. The number of hydrogen-bond donors (Lipinski definition) is 0. The molecule has 3 aliphatic heterocycles. The molecule has 3 fully saturated rings. The van der Waals surface area contributed by atoms with Gasteiger partial charge in [0.2, 0.25) is 0 Å². The number of amides is 1. The Morgan fingerprint density at radius 3 is 2.34 bits per heavy atom. The average molecular weight is 546 g/mol. The van der Waals surface area contributed by atoms with Gasteiger partial charge in [0, 0.05) is 29.4 Å². The highest BCUT2D eigenvalue weighted by Crippen LogP contribution is 2.37. The molecule has 0 aromatic heterocycles. The second-order valence-electron chi connectivity index (χ2n) is 10.1. The van der Waals surface area contributed by atoms with Crippen LogP contribution in [0.1, 0.15) is 18.4 Å². The van der Waals surface area contributed by atoms with Crippen LogP contribution in [-0.4, -0.2) is 48.6 Å². The summed E-state index contributed by atoms with van der Waals surface area (Å²) in [5.74, 6) is -3.68. The molecule has 0 saturated carbocycles. The highest BCUT2D eigenvalue weighted by Gasteiger charge is 2.47. The van der Waals surface area contributed by atoms with Crippen LogP contribution in [-0.2, 0) is 11.3 Å². The number of hydrogen-bond acceptors (Lipinski definition) is 3. The predicted molar refractivity (Wildman–Crippen MR) is 139 cm³/mol. The van der Waals surface area contributed by atoms with Gasteiger partial charge in [0.15, 0.2) is 23.6 Å². The van der Waals surface area contributed by atoms with E-state index in [1.807, 2.05) is 30.0 Å². The zero-order valence-corrected chi connectivity index (χ0v) is 21.6. The van der Waals surface area contributed by atoms with Crippen LogP contribution in [0.5, 0.6) is 0 Å². The molecule has 0 aliphatic carbocycles. The Morgan fingerprint density at radius 1 is 0.947 bits per heavy atom. The van der Waals surface area contributed by atoms with Gasteiger partial charge in [0.05, 0.1) is 31.9 Å². The first-order chi connectivity index (χ1) is 18.3. The van der Waals surface area contributed by atoms with Crippen molar-refractivity contribution in [2.24, 2.45) is 5.92 Å². The minimum absolute atomic E-state index is 0.0259. The van der Waals surface area contributed by atoms with Gasteiger partial charge in [-0.25, -0.2) is 22.4 Å². The van der Waals surface area contributed by atoms with Gasteiger partial charge in [-0.3, -0.25) is 4.90 Å². The summed E-state index contributed by atoms with van der Waals surface area (Å²) >= 11 is 1.81. The fourth-order valence-corrected chi connectivity index (χ4v) is 6.59. The average Bonchev–Trinajstić information content (AvgIpc) is 2.91. The molecular formula is C29H29F4N2O2S+. The van der Waals surface area contributed by atoms with E-state index in [2.05, 4.69) is 12.1 Å². The number of ether oxygens (including phenoxy) is 1. The summed E-state index contributed by atoms with van der Waals surface area (Å²) < 4.78 is 62.2. The molecule has 0 unspecified atom stereocenters. The molecule has 3 aliphatic rings. The zero-order valence-electron chi connectivity index (χ0n) is 20.8. The molecule has 3 heterocycles. The third-order valence-electron chi connectivity index (χ3n) is 7.60. The van der Waals surface area contributed by atoms with Crippen molar-refractivity contribution in [1.29, 1.82) is 0 Å². The Hall–Kier alpha value is -3.04. The Labute approximate surface area is 223 Å². The minimum Gasteiger partial charge on any atom is -0.440 e. The van der Waals surface area contributed by atoms with Gasteiger partial charge in [0.1, 0.15) is 12.4 Å². The third-order valence-corrected chi connectivity index (χ3v) is 8.59. The predicted octanol–water partition coefficient (Wildman–Crippen LogP) is 6.79. The normalized spacial score (nSPS) is 22.3. The molecule has 4 nitrogen and oxygen atoms in total. The molecule has 3 aromatic rings. The number of carbonyl (C=O) groups is 1. The van der Waals surface area contributed by atoms with Crippen LogP contribution in [0.4, 0.5) is 28.0 Å². The highest BCUT2D eigenvalue weighted by atomic mass is 32.2. The lowest BCUT2D eigenvalue weighted by Gasteiger charge is -2.52. The van der Waals surface area contributed by atoms with Crippen molar-refractivity contribution < 1.29 is 31.6 Å². The van der Waals surface area contributed by atoms with Crippen LogP contribution in [0, 0.1) is 29.2 Å². The first kappa shape index (κ1) is 26.6. The van der Waals surface area contributed by atoms with E-state index >= 15 is 0 Å². The fraction of sp³-hybridized carbons (Fsp3) is 0.345. The molecule has 0 N–H and O–H groups in total. The van der Waals surface area contributed by atoms with Crippen LogP contribution in [0.15, 0.2) is 71.6 Å². The van der Waals surface area contributed by atoms with Gasteiger partial charge in [-0.05, 0) is 48.0 Å². The van der Waals surface area contributed by atoms with Crippen molar-refractivity contribution >= 4 is 23.5 Å². The Kier molecular flexibility index (Phi) is 7.95. The molecule has 3 saturated heterocycles. The highest BCUT2D eigenvalue weighted by molar-refractivity contribution is 7.99. The lowest BCUT2D eigenvalue weighted by molar-refractivity contribution is -0.943. The molecule has 9 heteroatoms. The van der Waals surface area contributed by atoms with Crippen molar-refractivity contribution in [2.45, 2.75) is 30.4 Å². The van der Waals surface area contributed by atoms with Gasteiger partial charge in [-0.15, -0.1) is 11.8 Å². The number of thioether (sulfide) groups is 1. The number of piperidine rings is 3. The number of halogens is 4. The summed E-state index contributed by atoms with van der Waals surface area (Å²) in [6.45, 7) is 3.43. The second-order valence-corrected chi connectivity index (χ2v) is 11.2. The summed E-state index contributed by atoms with van der Waals surface area (Å²) in [6, 6.07) is 17.2. The quantitative estimate of drug-likeness (QED) is 0.135. The van der Waals surface area contributed by atoms with E-state index in [-0.39, 0.29) is 29.8 Å². The Morgan fingerprint density at radius 2 is 1.66 bits per heavy atom. The van der Waals surface area contributed by atoms with Crippen LogP contribution < -0.4 is 4.90 Å². The molecule has 2 bridgehead atoms. The Bertz CT molecular complexity index is 1260. The molecule has 3 aromatic carbocycles. The summed E-state index contributed by atoms with van der Waals surface area (Å²) in [4.78, 5) is 15.8. The van der Waals surface area contributed by atoms with Crippen LogP contribution >= 0.6 is 11.8 Å². The molecule has 0 radical (unpaired) electrons. The lowest BCUT2D eigenvalue weighted by atomic mass is 9.83. The third kappa shape index (κ3) is 5.99. The van der Waals surface area contributed by atoms with Crippen LogP contribution in [0.2, 0.25) is 0 Å². The van der Waals surface area contributed by atoms with Gasteiger partial charge >= 0.3 is 6.09 Å². The molecular weight excluding hydrogens is 516 g/mol. The van der Waals surface area contributed by atoms with Gasteiger partial charge in [-0.1, -0.05) is 24.3 Å². The summed E-state index contributed by atoms with van der Waals surface area (Å²) in [6.07, 6.45) is 0.853. The largest absolute Gasteiger partial charge is 0.440 e. The number of carbonyl (C=O) groups excluding carboxylic acids is 1. The number of nitrogens with zero attached hydrogens (tertiary/aromatic N) is 2. The van der Waals surface area contributed by atoms with Crippen molar-refractivity contribution in [3.05, 3.63) is 95.6 Å². The smallest absolute Gasteiger partial charge is 0.415 e. The standard InChI is InChI=1S/C29H29F4N2O2S/c30-22-5-4-6-23(17-22)34(18-20-15-25(31)28(33)26(32)16-20)29(36)37-27-19-35(11-9-21(27)10-12-35)13-14-38-24-7-2-1-3-8-24/h1-8,15-17,21,27H,9-14,18-19H2/q+1/t21?,27-,35?/m0/s1. The molecule has 200 valence electrons. The SMILES string of the molecule is O=C(O[C@H]1C[N+]2(CCSc3ccccc3)CCC1CC2)N(Cc1cc(F)c(F)c(F)c1)c1cccc(F)c1. The van der Waals surface area contributed by atoms with E-state index < -0.39 is 29.4 Å². The number of fused-ring (bicyclic) bond motifs is 3. The minimum atomic E-state index is -1.58. The number of benzene rings is 3. The molecule has 1 atom stereocenters. The fourth-order valence-electron chi connectivity index (χ4n) is 5.52. The summed E-state index contributed by atoms with van der Waals surface area (Å²) in [5.41, 5.74) is 0.211. The van der Waals surface area contributed by atoms with Crippen LogP contribution in [0.3, 0.4) is 0 Å². The summed E-state index contributed by atoms with van der Waals surface area (Å²) in [7, 11) is 0. The first-order valence-corrected chi connectivity index (χ1v) is 13.7. The van der Waals surface area contributed by atoms with Crippen molar-refractivity contribution in [1.82, 2.24) is 0 Å². The van der Waals surface area contributed by atoms with E-state index in [0.717, 1.165) is 65.8 Å². The molecule has 1 amide bonds. The summed E-state index contributed by atoms with van der Waals surface area (Å²) in [5, 5.41) is 0. The molecule has 6 rings (SSSR count). The maximum atomic E-state index is 14.0. The topological polar surface area (TPSA) is 29.5 Å². The Balaban J connectivity index is 1.30. The van der Waals surface area contributed by atoms with Crippen molar-refractivity contribution in [3.63, 3.8) is 0 Å². The molecule has 0 spiro atoms. The van der Waals surface area contributed by atoms with E-state index in [1.54, 1.807) is 0 Å². The second kappa shape index (κ2) is 11.4. The van der Waals surface area contributed by atoms with Crippen molar-refractivity contribution in [3.8, 4) is 0 Å². The van der Waals surface area contributed by atoms with Gasteiger partial charge in [-0.2, -0.15) is 0 Å². The number of anilines is 1. The lowest BCUT2D eigenvalue weighted by Crippen LogP contribution is -2.65. The van der Waals surface area contributed by atoms with E-state index in [4.69, 9.17) is 4.74 Å². The van der Waals surface area contributed by atoms with Crippen LogP contribution in [0.25, 0.3) is 0 Å². The van der Waals surface area contributed by atoms with E-state index in [1.165, 1.54) is 23.1 Å². The maximum absolute atomic E-state index is 14.0. The van der Waals surface area contributed by atoms with Crippen molar-refractivity contribution in [2.75, 3.05) is 36.8 Å². The number of quaternary nitrogens is 1. The van der Waals surface area contributed by atoms with Gasteiger partial charge in [0.25, 0.3) is 0 Å². The number of rotatable bonds is 8.